The molecule has 0 saturated heterocycles. The highest BCUT2D eigenvalue weighted by molar-refractivity contribution is 7.98. The van der Waals surface area contributed by atoms with Crippen molar-refractivity contribution in [2.45, 2.75) is 17.3 Å². The maximum atomic E-state index is 13.9. The Morgan fingerprint density at radius 3 is 2.66 bits per heavy atom. The third-order valence-electron chi connectivity index (χ3n) is 4.15. The largest absolute Gasteiger partial charge is 0.352 e. The molecule has 3 rings (SSSR count). The van der Waals surface area contributed by atoms with Gasteiger partial charge < -0.3 is 9.88 Å². The molecule has 0 bridgehead atoms. The van der Waals surface area contributed by atoms with Gasteiger partial charge in [0.2, 0.25) is 0 Å². The molecule has 0 atom stereocenters. The van der Waals surface area contributed by atoms with Gasteiger partial charge in [-0.25, -0.2) is 4.39 Å². The van der Waals surface area contributed by atoms with Crippen molar-refractivity contribution in [3.8, 4) is 0 Å². The summed E-state index contributed by atoms with van der Waals surface area (Å²) in [6.45, 7) is 0.370. The molecule has 1 aromatic heterocycles. The molecule has 5 nitrogen and oxygen atoms in total. The summed E-state index contributed by atoms with van der Waals surface area (Å²) >= 11 is 19.2. The van der Waals surface area contributed by atoms with Crippen LogP contribution in [0.2, 0.25) is 15.1 Å². The predicted molar refractivity (Wildman–Crippen MR) is 114 cm³/mol. The van der Waals surface area contributed by atoms with E-state index in [0.29, 0.717) is 55.9 Å². The molecular weight excluding hydrogens is 458 g/mol. The number of hydrogen-bond acceptors (Lipinski definition) is 4. The number of nitrogens with zero attached hydrogens (tertiary/aromatic N) is 3. The van der Waals surface area contributed by atoms with Crippen molar-refractivity contribution in [1.29, 1.82) is 0 Å². The van der Waals surface area contributed by atoms with E-state index in [0.717, 1.165) is 0 Å². The zero-order chi connectivity index (χ0) is 21.0. The molecule has 0 radical (unpaired) electrons. The van der Waals surface area contributed by atoms with Crippen LogP contribution in [0.25, 0.3) is 0 Å². The SMILES string of the molecule is Cn1c(CCNC(=O)c2ccc(Cl)c(Cl)c2)nnc1SCc1c(F)cccc1Cl. The van der Waals surface area contributed by atoms with E-state index in [4.69, 9.17) is 34.8 Å². The average Bonchev–Trinajstić information content (AvgIpc) is 3.03. The van der Waals surface area contributed by atoms with Crippen molar-refractivity contribution in [1.82, 2.24) is 20.1 Å². The number of carbonyl (C=O) groups is 1. The zero-order valence-electron chi connectivity index (χ0n) is 15.3. The van der Waals surface area contributed by atoms with E-state index in [1.54, 1.807) is 24.3 Å². The summed E-state index contributed by atoms with van der Waals surface area (Å²) in [5.74, 6) is 0.430. The third-order valence-corrected chi connectivity index (χ3v) is 6.29. The van der Waals surface area contributed by atoms with Crippen molar-refractivity contribution in [2.75, 3.05) is 6.54 Å². The van der Waals surface area contributed by atoms with Gasteiger partial charge in [-0.3, -0.25) is 4.79 Å². The fraction of sp³-hybridized carbons (Fsp3) is 0.211. The molecule has 0 saturated carbocycles. The summed E-state index contributed by atoms with van der Waals surface area (Å²) in [7, 11) is 1.82. The van der Waals surface area contributed by atoms with Crippen LogP contribution in [0.5, 0.6) is 0 Å². The van der Waals surface area contributed by atoms with Crippen molar-refractivity contribution in [3.63, 3.8) is 0 Å². The van der Waals surface area contributed by atoms with E-state index in [1.807, 2.05) is 11.6 Å². The summed E-state index contributed by atoms with van der Waals surface area (Å²) in [5.41, 5.74) is 0.855. The summed E-state index contributed by atoms with van der Waals surface area (Å²) in [6, 6.07) is 9.30. The van der Waals surface area contributed by atoms with Gasteiger partial charge in [-0.05, 0) is 30.3 Å². The number of aromatic nitrogens is 3. The van der Waals surface area contributed by atoms with Gasteiger partial charge in [-0.2, -0.15) is 0 Å². The minimum Gasteiger partial charge on any atom is -0.352 e. The van der Waals surface area contributed by atoms with Gasteiger partial charge in [0.15, 0.2) is 5.16 Å². The Hall–Kier alpha value is -1.80. The van der Waals surface area contributed by atoms with E-state index in [2.05, 4.69) is 15.5 Å². The molecule has 0 fully saturated rings. The van der Waals surface area contributed by atoms with Crippen molar-refractivity contribution in [2.24, 2.45) is 7.05 Å². The zero-order valence-corrected chi connectivity index (χ0v) is 18.3. The minimum atomic E-state index is -0.350. The van der Waals surface area contributed by atoms with Crippen LogP contribution < -0.4 is 5.32 Å². The summed E-state index contributed by atoms with van der Waals surface area (Å²) in [5, 5.41) is 12.8. The summed E-state index contributed by atoms with van der Waals surface area (Å²) in [4.78, 5) is 12.2. The number of benzene rings is 2. The quantitative estimate of drug-likeness (QED) is 0.480. The smallest absolute Gasteiger partial charge is 0.251 e. The first-order valence-corrected chi connectivity index (χ1v) is 10.7. The lowest BCUT2D eigenvalue weighted by Gasteiger charge is -2.07. The van der Waals surface area contributed by atoms with Crippen LogP contribution in [-0.2, 0) is 19.2 Å². The van der Waals surface area contributed by atoms with Crippen LogP contribution in [0.4, 0.5) is 4.39 Å². The van der Waals surface area contributed by atoms with Gasteiger partial charge in [0.25, 0.3) is 5.91 Å². The summed E-state index contributed by atoms with van der Waals surface area (Å²) in [6.07, 6.45) is 0.484. The monoisotopic (exact) mass is 472 g/mol. The fourth-order valence-electron chi connectivity index (χ4n) is 2.52. The molecule has 3 aromatic rings. The minimum absolute atomic E-state index is 0.255. The van der Waals surface area contributed by atoms with Crippen molar-refractivity contribution in [3.05, 3.63) is 74.2 Å². The highest BCUT2D eigenvalue weighted by Gasteiger charge is 2.13. The Bertz CT molecular complexity index is 1020. The van der Waals surface area contributed by atoms with E-state index in [-0.39, 0.29) is 11.7 Å². The fourth-order valence-corrected chi connectivity index (χ4v) is 4.09. The maximum Gasteiger partial charge on any atom is 0.251 e. The third kappa shape index (κ3) is 5.42. The number of carbonyl (C=O) groups excluding carboxylic acids is 1. The van der Waals surface area contributed by atoms with Gasteiger partial charge in [0.1, 0.15) is 11.6 Å². The topological polar surface area (TPSA) is 59.8 Å². The average molecular weight is 474 g/mol. The molecule has 0 aliphatic heterocycles. The number of rotatable bonds is 7. The lowest BCUT2D eigenvalue weighted by Crippen LogP contribution is -2.26. The molecule has 2 aromatic carbocycles. The molecule has 0 aliphatic carbocycles. The molecule has 0 unspecified atom stereocenters. The molecule has 1 N–H and O–H groups in total. The van der Waals surface area contributed by atoms with Crippen LogP contribution in [-0.4, -0.2) is 27.2 Å². The Labute approximate surface area is 186 Å². The number of amides is 1. The van der Waals surface area contributed by atoms with Crippen molar-refractivity contribution < 1.29 is 9.18 Å². The first-order valence-electron chi connectivity index (χ1n) is 8.54. The van der Waals surface area contributed by atoms with E-state index in [1.165, 1.54) is 23.9 Å². The summed E-state index contributed by atoms with van der Waals surface area (Å²) < 4.78 is 15.7. The second-order valence-corrected chi connectivity index (χ2v) is 8.25. The second kappa shape index (κ2) is 9.80. The van der Waals surface area contributed by atoms with Crippen LogP contribution >= 0.6 is 46.6 Å². The van der Waals surface area contributed by atoms with Crippen LogP contribution in [0.1, 0.15) is 21.7 Å². The molecule has 0 aliphatic rings. The molecule has 29 heavy (non-hydrogen) atoms. The lowest BCUT2D eigenvalue weighted by molar-refractivity contribution is 0.0954. The number of hydrogen-bond donors (Lipinski definition) is 1. The molecule has 1 amide bonds. The van der Waals surface area contributed by atoms with Gasteiger partial charge in [0, 0.05) is 41.9 Å². The molecule has 152 valence electrons. The standard InChI is InChI=1S/C19H16Cl3FN4OS/c1-27-17(7-8-24-18(28)11-5-6-14(21)15(22)9-11)25-26-19(27)29-10-12-13(20)3-2-4-16(12)23/h2-6,9H,7-8,10H2,1H3,(H,24,28). The first-order chi connectivity index (χ1) is 13.9. The van der Waals surface area contributed by atoms with Crippen LogP contribution in [0, 0.1) is 5.82 Å². The van der Waals surface area contributed by atoms with Gasteiger partial charge in [0.05, 0.1) is 10.0 Å². The Balaban J connectivity index is 1.55. The molecule has 1 heterocycles. The van der Waals surface area contributed by atoms with Gasteiger partial charge >= 0.3 is 0 Å². The normalized spacial score (nSPS) is 10.9. The van der Waals surface area contributed by atoms with Crippen LogP contribution in [0.3, 0.4) is 0 Å². The maximum absolute atomic E-state index is 13.9. The van der Waals surface area contributed by atoms with Crippen LogP contribution in [0.15, 0.2) is 41.6 Å². The second-order valence-electron chi connectivity index (χ2n) is 6.08. The Morgan fingerprint density at radius 1 is 1.14 bits per heavy atom. The van der Waals surface area contributed by atoms with E-state index in [9.17, 15) is 9.18 Å². The molecular formula is C19H16Cl3FN4OS. The predicted octanol–water partition coefficient (Wildman–Crippen LogP) is 5.18. The van der Waals surface area contributed by atoms with Gasteiger partial charge in [-0.15, -0.1) is 10.2 Å². The van der Waals surface area contributed by atoms with E-state index < -0.39 is 0 Å². The molecule has 0 spiro atoms. The van der Waals surface area contributed by atoms with Gasteiger partial charge in [-0.1, -0.05) is 52.6 Å². The highest BCUT2D eigenvalue weighted by atomic mass is 35.5. The Kier molecular flexibility index (Phi) is 7.40. The first kappa shape index (κ1) is 21.9. The molecule has 10 heteroatoms. The lowest BCUT2D eigenvalue weighted by atomic mass is 10.2. The number of nitrogens with one attached hydrogen (secondary N) is 1. The van der Waals surface area contributed by atoms with E-state index >= 15 is 0 Å². The van der Waals surface area contributed by atoms with Crippen molar-refractivity contribution >= 4 is 52.5 Å². The highest BCUT2D eigenvalue weighted by Crippen LogP contribution is 2.27. The number of thioether (sulfide) groups is 1. The Morgan fingerprint density at radius 2 is 1.93 bits per heavy atom. The number of halogens is 4.